The highest BCUT2D eigenvalue weighted by atomic mass is 16.5. The number of nitrogens with zero attached hydrogens (tertiary/aromatic N) is 2. The molecule has 0 aliphatic carbocycles. The van der Waals surface area contributed by atoms with Gasteiger partial charge in [-0.1, -0.05) is 24.3 Å². The van der Waals surface area contributed by atoms with Gasteiger partial charge in [0.05, 0.1) is 24.3 Å². The molecule has 0 unspecified atom stereocenters. The maximum absolute atomic E-state index is 12.8. The van der Waals surface area contributed by atoms with Crippen LogP contribution < -0.4 is 10.2 Å². The maximum atomic E-state index is 12.8. The lowest BCUT2D eigenvalue weighted by Gasteiger charge is -2.14. The Bertz CT molecular complexity index is 1360. The summed E-state index contributed by atoms with van der Waals surface area (Å²) in [5.41, 5.74) is 6.63. The van der Waals surface area contributed by atoms with Crippen LogP contribution in [-0.4, -0.2) is 46.0 Å². The van der Waals surface area contributed by atoms with E-state index in [4.69, 9.17) is 9.47 Å². The highest BCUT2D eigenvalue weighted by molar-refractivity contribution is 6.16. The van der Waals surface area contributed by atoms with Gasteiger partial charge in [-0.2, -0.15) is 0 Å². The van der Waals surface area contributed by atoms with E-state index in [0.717, 1.165) is 27.7 Å². The molecular formula is C26H29N3O5. The van der Waals surface area contributed by atoms with Crippen LogP contribution >= 0.6 is 0 Å². The van der Waals surface area contributed by atoms with Gasteiger partial charge in [-0.15, -0.1) is 0 Å². The zero-order chi connectivity index (χ0) is 24.4. The van der Waals surface area contributed by atoms with E-state index in [-0.39, 0.29) is 25.7 Å². The number of ether oxygens (including phenoxy) is 2. The van der Waals surface area contributed by atoms with Crippen LogP contribution in [0.25, 0.3) is 21.7 Å². The fourth-order valence-electron chi connectivity index (χ4n) is 4.41. The predicted molar refractivity (Wildman–Crippen MR) is 131 cm³/mol. The first-order valence-electron chi connectivity index (χ1n) is 11.3. The Kier molecular flexibility index (Phi) is 6.61. The van der Waals surface area contributed by atoms with Gasteiger partial charge in [0, 0.05) is 39.8 Å². The minimum atomic E-state index is -0.431. The van der Waals surface area contributed by atoms with Gasteiger partial charge in [0.1, 0.15) is 5.75 Å². The molecular weight excluding hydrogens is 434 g/mol. The Hall–Kier alpha value is -3.78. The van der Waals surface area contributed by atoms with Crippen molar-refractivity contribution in [2.24, 2.45) is 0 Å². The van der Waals surface area contributed by atoms with Gasteiger partial charge >= 0.3 is 5.97 Å². The van der Waals surface area contributed by atoms with Crippen molar-refractivity contribution >= 4 is 33.6 Å². The number of hydrogen-bond acceptors (Lipinski definition) is 5. The minimum Gasteiger partial charge on any atom is -0.483 e. The quantitative estimate of drug-likeness (QED) is 0.387. The van der Waals surface area contributed by atoms with E-state index in [1.54, 1.807) is 17.7 Å². The van der Waals surface area contributed by atoms with Crippen molar-refractivity contribution in [2.75, 3.05) is 25.2 Å². The number of benzene rings is 2. The Morgan fingerprint density at radius 2 is 1.68 bits per heavy atom. The van der Waals surface area contributed by atoms with Gasteiger partial charge < -0.3 is 19.1 Å². The Morgan fingerprint density at radius 1 is 1.00 bits per heavy atom. The standard InChI is InChI=1S/C26H29N3O5/c1-5-33-26(32)24-18(4)28(12-13-30)25-20-9-7-6-8-19(20)22(14-21(24)25)34-15-23(31)27-29-16(2)10-11-17(29)3/h6-11,14,30H,5,12-13,15H2,1-4H3,(H,27,31). The summed E-state index contributed by atoms with van der Waals surface area (Å²) in [4.78, 5) is 25.5. The third-order valence-electron chi connectivity index (χ3n) is 5.95. The first-order valence-corrected chi connectivity index (χ1v) is 11.3. The fraction of sp³-hybridized carbons (Fsp3) is 0.308. The van der Waals surface area contributed by atoms with Crippen LogP contribution in [0.2, 0.25) is 0 Å². The number of fused-ring (bicyclic) bond motifs is 3. The maximum Gasteiger partial charge on any atom is 0.340 e. The largest absolute Gasteiger partial charge is 0.483 e. The number of amides is 1. The average molecular weight is 464 g/mol. The van der Waals surface area contributed by atoms with Crippen LogP contribution in [0.4, 0.5) is 0 Å². The summed E-state index contributed by atoms with van der Waals surface area (Å²) in [7, 11) is 0. The molecule has 178 valence electrons. The highest BCUT2D eigenvalue weighted by Gasteiger charge is 2.24. The van der Waals surface area contributed by atoms with E-state index in [1.165, 1.54) is 0 Å². The topological polar surface area (TPSA) is 94.7 Å². The molecule has 0 bridgehead atoms. The molecule has 8 nitrogen and oxygen atoms in total. The van der Waals surface area contributed by atoms with Crippen LogP contribution in [0.3, 0.4) is 0 Å². The third-order valence-corrected chi connectivity index (χ3v) is 5.95. The first kappa shape index (κ1) is 23.4. The monoisotopic (exact) mass is 463 g/mol. The number of carbonyl (C=O) groups excluding carboxylic acids is 2. The molecule has 2 N–H and O–H groups in total. The first-order chi connectivity index (χ1) is 16.4. The summed E-state index contributed by atoms with van der Waals surface area (Å²) in [5.74, 6) is -0.239. The van der Waals surface area contributed by atoms with E-state index in [9.17, 15) is 14.7 Å². The van der Waals surface area contributed by atoms with Crippen molar-refractivity contribution in [1.82, 2.24) is 9.24 Å². The second kappa shape index (κ2) is 9.61. The number of aliphatic hydroxyl groups excluding tert-OH is 1. The Morgan fingerprint density at radius 3 is 2.32 bits per heavy atom. The number of nitrogens with one attached hydrogen (secondary N) is 1. The van der Waals surface area contributed by atoms with Gasteiger partial charge in [0.2, 0.25) is 0 Å². The molecule has 0 saturated heterocycles. The van der Waals surface area contributed by atoms with Gasteiger partial charge in [0.25, 0.3) is 5.91 Å². The SMILES string of the molecule is CCOC(=O)c1c(C)n(CCO)c2c1cc(OCC(=O)Nn1c(C)ccc1C)c1ccccc12. The third kappa shape index (κ3) is 4.12. The summed E-state index contributed by atoms with van der Waals surface area (Å²) in [5, 5.41) is 12.0. The molecule has 0 radical (unpaired) electrons. The molecule has 4 aromatic rings. The number of aromatic nitrogens is 2. The number of carbonyl (C=O) groups is 2. The normalized spacial score (nSPS) is 11.2. The molecule has 2 aromatic heterocycles. The molecule has 0 aliphatic heterocycles. The summed E-state index contributed by atoms with van der Waals surface area (Å²) >= 11 is 0. The minimum absolute atomic E-state index is 0.0716. The van der Waals surface area contributed by atoms with Gasteiger partial charge in [0.15, 0.2) is 6.61 Å². The molecule has 0 spiro atoms. The molecule has 34 heavy (non-hydrogen) atoms. The predicted octanol–water partition coefficient (Wildman–Crippen LogP) is 3.84. The molecule has 1 amide bonds. The molecule has 8 heteroatoms. The Balaban J connectivity index is 1.78. The zero-order valence-electron chi connectivity index (χ0n) is 19.8. The number of hydrogen-bond donors (Lipinski definition) is 2. The van der Waals surface area contributed by atoms with E-state index in [1.807, 2.05) is 61.7 Å². The lowest BCUT2D eigenvalue weighted by Crippen LogP contribution is -2.29. The van der Waals surface area contributed by atoms with Gasteiger partial charge in [-0.05, 0) is 45.9 Å². The summed E-state index contributed by atoms with van der Waals surface area (Å²) in [6.45, 7) is 7.74. The molecule has 0 fully saturated rings. The van der Waals surface area contributed by atoms with E-state index in [0.29, 0.717) is 28.9 Å². The van der Waals surface area contributed by atoms with Crippen molar-refractivity contribution in [3.63, 3.8) is 0 Å². The molecule has 0 saturated carbocycles. The second-order valence-corrected chi connectivity index (χ2v) is 8.15. The van der Waals surface area contributed by atoms with Crippen LogP contribution in [0.5, 0.6) is 5.75 Å². The van der Waals surface area contributed by atoms with E-state index in [2.05, 4.69) is 5.43 Å². The Labute approximate surface area is 197 Å². The van der Waals surface area contributed by atoms with Crippen molar-refractivity contribution in [2.45, 2.75) is 34.2 Å². The van der Waals surface area contributed by atoms with Crippen LogP contribution in [0.15, 0.2) is 42.5 Å². The van der Waals surface area contributed by atoms with Crippen molar-refractivity contribution in [3.05, 3.63) is 65.1 Å². The molecule has 2 aromatic carbocycles. The zero-order valence-corrected chi connectivity index (χ0v) is 19.8. The van der Waals surface area contributed by atoms with Crippen molar-refractivity contribution < 1.29 is 24.2 Å². The number of aliphatic hydroxyl groups is 1. The van der Waals surface area contributed by atoms with Crippen LogP contribution in [0, 0.1) is 20.8 Å². The second-order valence-electron chi connectivity index (χ2n) is 8.15. The van der Waals surface area contributed by atoms with Crippen molar-refractivity contribution in [3.8, 4) is 5.75 Å². The van der Waals surface area contributed by atoms with Crippen LogP contribution in [0.1, 0.15) is 34.4 Å². The van der Waals surface area contributed by atoms with Crippen molar-refractivity contribution in [1.29, 1.82) is 0 Å². The molecule has 0 aliphatic rings. The lowest BCUT2D eigenvalue weighted by molar-refractivity contribution is -0.119. The molecule has 0 atom stereocenters. The summed E-state index contributed by atoms with van der Waals surface area (Å²) < 4.78 is 14.9. The van der Waals surface area contributed by atoms with Gasteiger partial charge in [-0.3, -0.25) is 14.9 Å². The number of esters is 1. The summed E-state index contributed by atoms with van der Waals surface area (Å²) in [6.07, 6.45) is 0. The molecule has 4 rings (SSSR count). The highest BCUT2D eigenvalue weighted by Crippen LogP contribution is 2.38. The molecule has 2 heterocycles. The lowest BCUT2D eigenvalue weighted by atomic mass is 10.0. The average Bonchev–Trinajstić information content (AvgIpc) is 3.28. The van der Waals surface area contributed by atoms with Gasteiger partial charge in [-0.25, -0.2) is 4.79 Å². The smallest absolute Gasteiger partial charge is 0.340 e. The summed E-state index contributed by atoms with van der Waals surface area (Å²) in [6, 6.07) is 13.3. The fourth-order valence-corrected chi connectivity index (χ4v) is 4.41. The number of rotatable bonds is 8. The van der Waals surface area contributed by atoms with E-state index < -0.39 is 5.97 Å². The van der Waals surface area contributed by atoms with E-state index >= 15 is 0 Å². The van der Waals surface area contributed by atoms with Crippen LogP contribution in [-0.2, 0) is 16.1 Å². The number of aryl methyl sites for hydroxylation is 2.